The van der Waals surface area contributed by atoms with E-state index in [0.29, 0.717) is 0 Å². The molecule has 0 aliphatic carbocycles. The largest absolute Gasteiger partial charge is 0.378 e. The molecule has 102 valence electrons. The zero-order chi connectivity index (χ0) is 14.8. The van der Waals surface area contributed by atoms with Crippen LogP contribution in [0.1, 0.15) is 5.56 Å². The molecule has 20 heavy (non-hydrogen) atoms. The Morgan fingerprint density at radius 2 is 1.75 bits per heavy atom. The van der Waals surface area contributed by atoms with Gasteiger partial charge >= 0.3 is 10.1 Å². The molecule has 0 spiro atoms. The predicted octanol–water partition coefficient (Wildman–Crippen LogP) is 3.63. The quantitative estimate of drug-likeness (QED) is 0.807. The highest BCUT2D eigenvalue weighted by atomic mass is 35.5. The van der Waals surface area contributed by atoms with E-state index in [4.69, 9.17) is 32.6 Å². The van der Waals surface area contributed by atoms with E-state index in [2.05, 4.69) is 0 Å². The average Bonchev–Trinajstić information content (AvgIpc) is 2.42. The summed E-state index contributed by atoms with van der Waals surface area (Å²) in [5, 5.41) is 9.24. The minimum Gasteiger partial charge on any atom is -0.378 e. The lowest BCUT2D eigenvalue weighted by molar-refractivity contribution is 0.485. The molecule has 2 aromatic rings. The normalized spacial score (nSPS) is 10.8. The standard InChI is InChI=1S/C13H7Cl2NO3S/c14-11-6-5-10(7-12(11)15)20(17,18)19-13-4-2-1-3-9(13)8-16/h1-7H. The molecule has 2 aromatic carbocycles. The van der Waals surface area contributed by atoms with Crippen LogP contribution < -0.4 is 4.18 Å². The first-order valence-corrected chi connectivity index (χ1v) is 7.49. The fraction of sp³-hybridized carbons (Fsp3) is 0. The Kier molecular flexibility index (Phi) is 4.19. The summed E-state index contributed by atoms with van der Waals surface area (Å²) >= 11 is 11.5. The maximum Gasteiger partial charge on any atom is 0.339 e. The van der Waals surface area contributed by atoms with E-state index in [0.717, 1.165) is 0 Å². The first-order valence-electron chi connectivity index (χ1n) is 5.33. The lowest BCUT2D eigenvalue weighted by Gasteiger charge is -2.08. The van der Waals surface area contributed by atoms with Crippen molar-refractivity contribution in [3.63, 3.8) is 0 Å². The van der Waals surface area contributed by atoms with Crippen LogP contribution in [0.15, 0.2) is 47.4 Å². The Labute approximate surface area is 126 Å². The molecule has 0 N–H and O–H groups in total. The monoisotopic (exact) mass is 327 g/mol. The van der Waals surface area contributed by atoms with Crippen molar-refractivity contribution >= 4 is 33.3 Å². The molecule has 0 amide bonds. The Balaban J connectivity index is 2.41. The highest BCUT2D eigenvalue weighted by molar-refractivity contribution is 7.87. The number of nitrogens with zero attached hydrogens (tertiary/aromatic N) is 1. The topological polar surface area (TPSA) is 67.2 Å². The van der Waals surface area contributed by atoms with Gasteiger partial charge in [-0.05, 0) is 30.3 Å². The van der Waals surface area contributed by atoms with E-state index in [-0.39, 0.29) is 26.3 Å². The van der Waals surface area contributed by atoms with Gasteiger partial charge in [0.25, 0.3) is 0 Å². The Morgan fingerprint density at radius 3 is 2.40 bits per heavy atom. The van der Waals surface area contributed by atoms with Crippen molar-refractivity contribution in [1.82, 2.24) is 0 Å². The summed E-state index contributed by atoms with van der Waals surface area (Å²) in [4.78, 5) is -0.139. The van der Waals surface area contributed by atoms with Gasteiger partial charge in [-0.3, -0.25) is 0 Å². The van der Waals surface area contributed by atoms with Gasteiger partial charge in [0.1, 0.15) is 11.0 Å². The van der Waals surface area contributed by atoms with E-state index in [9.17, 15) is 8.42 Å². The summed E-state index contributed by atoms with van der Waals surface area (Å²) in [6.07, 6.45) is 0. The van der Waals surface area contributed by atoms with Gasteiger partial charge in [-0.15, -0.1) is 0 Å². The number of para-hydroxylation sites is 1. The molecule has 0 radical (unpaired) electrons. The summed E-state index contributed by atoms with van der Waals surface area (Å²) in [6.45, 7) is 0. The fourth-order valence-electron chi connectivity index (χ4n) is 1.43. The number of nitriles is 1. The molecule has 2 rings (SSSR count). The van der Waals surface area contributed by atoms with E-state index >= 15 is 0 Å². The van der Waals surface area contributed by atoms with Crippen LogP contribution in [-0.4, -0.2) is 8.42 Å². The van der Waals surface area contributed by atoms with E-state index < -0.39 is 10.1 Å². The Hall–Kier alpha value is -1.74. The lowest BCUT2D eigenvalue weighted by atomic mass is 10.2. The van der Waals surface area contributed by atoms with Gasteiger partial charge in [-0.2, -0.15) is 13.7 Å². The van der Waals surface area contributed by atoms with Gasteiger partial charge in [-0.25, -0.2) is 0 Å². The summed E-state index contributed by atoms with van der Waals surface area (Å²) in [7, 11) is -4.08. The molecule has 0 saturated heterocycles. The van der Waals surface area contributed by atoms with Crippen molar-refractivity contribution in [3.8, 4) is 11.8 Å². The van der Waals surface area contributed by atoms with Gasteiger partial charge in [0.05, 0.1) is 15.6 Å². The molecule has 0 fully saturated rings. The fourth-order valence-corrected chi connectivity index (χ4v) is 2.77. The molecular weight excluding hydrogens is 321 g/mol. The molecule has 7 heteroatoms. The molecule has 0 aromatic heterocycles. The van der Waals surface area contributed by atoms with Crippen LogP contribution in [0.5, 0.6) is 5.75 Å². The van der Waals surface area contributed by atoms with Crippen LogP contribution in [0.4, 0.5) is 0 Å². The SMILES string of the molecule is N#Cc1ccccc1OS(=O)(=O)c1ccc(Cl)c(Cl)c1. The third-order valence-electron chi connectivity index (χ3n) is 2.39. The number of halogens is 2. The molecular formula is C13H7Cl2NO3S. The summed E-state index contributed by atoms with van der Waals surface area (Å²) < 4.78 is 29.2. The zero-order valence-corrected chi connectivity index (χ0v) is 12.2. The van der Waals surface area contributed by atoms with Crippen molar-refractivity contribution in [2.24, 2.45) is 0 Å². The maximum absolute atomic E-state index is 12.1. The number of hydrogen-bond donors (Lipinski definition) is 0. The molecule has 4 nitrogen and oxygen atoms in total. The van der Waals surface area contributed by atoms with E-state index in [1.807, 2.05) is 6.07 Å². The van der Waals surface area contributed by atoms with Crippen LogP contribution in [0.2, 0.25) is 10.0 Å². The first kappa shape index (κ1) is 14.7. The van der Waals surface area contributed by atoms with Crippen molar-refractivity contribution in [1.29, 1.82) is 5.26 Å². The molecule has 0 aliphatic heterocycles. The van der Waals surface area contributed by atoms with E-state index in [1.54, 1.807) is 12.1 Å². The minimum atomic E-state index is -4.08. The minimum absolute atomic E-state index is 0.0407. The third kappa shape index (κ3) is 3.05. The van der Waals surface area contributed by atoms with Gasteiger partial charge in [-0.1, -0.05) is 35.3 Å². The highest BCUT2D eigenvalue weighted by Gasteiger charge is 2.19. The van der Waals surface area contributed by atoms with Gasteiger partial charge in [0, 0.05) is 0 Å². The van der Waals surface area contributed by atoms with Crippen molar-refractivity contribution < 1.29 is 12.6 Å². The zero-order valence-electron chi connectivity index (χ0n) is 9.88. The van der Waals surface area contributed by atoms with Gasteiger partial charge < -0.3 is 4.18 Å². The van der Waals surface area contributed by atoms with Crippen LogP contribution >= 0.6 is 23.2 Å². The number of hydrogen-bond acceptors (Lipinski definition) is 4. The molecule has 0 bridgehead atoms. The number of benzene rings is 2. The lowest BCUT2D eigenvalue weighted by Crippen LogP contribution is -2.10. The van der Waals surface area contributed by atoms with Gasteiger partial charge in [0.15, 0.2) is 5.75 Å². The first-order chi connectivity index (χ1) is 9.44. The molecule has 0 unspecified atom stereocenters. The van der Waals surface area contributed by atoms with Gasteiger partial charge in [0.2, 0.25) is 0 Å². The summed E-state index contributed by atoms with van der Waals surface area (Å²) in [5.41, 5.74) is 0.121. The highest BCUT2D eigenvalue weighted by Crippen LogP contribution is 2.27. The maximum atomic E-state index is 12.1. The molecule has 0 saturated carbocycles. The Morgan fingerprint density at radius 1 is 1.05 bits per heavy atom. The molecule has 0 aliphatic rings. The second kappa shape index (κ2) is 5.71. The third-order valence-corrected chi connectivity index (χ3v) is 4.36. The number of rotatable bonds is 3. The summed E-state index contributed by atoms with van der Waals surface area (Å²) in [6, 6.07) is 11.7. The second-order valence-electron chi connectivity index (χ2n) is 3.72. The average molecular weight is 328 g/mol. The van der Waals surface area contributed by atoms with Crippen LogP contribution in [0.25, 0.3) is 0 Å². The van der Waals surface area contributed by atoms with Crippen molar-refractivity contribution in [3.05, 3.63) is 58.1 Å². The molecule has 0 atom stereocenters. The predicted molar refractivity (Wildman–Crippen MR) is 75.4 cm³/mol. The summed E-state index contributed by atoms with van der Waals surface area (Å²) in [5.74, 6) is -0.0407. The van der Waals surface area contributed by atoms with Crippen LogP contribution in [-0.2, 0) is 10.1 Å². The second-order valence-corrected chi connectivity index (χ2v) is 6.08. The molecule has 0 heterocycles. The Bertz CT molecular complexity index is 798. The smallest absolute Gasteiger partial charge is 0.339 e. The van der Waals surface area contributed by atoms with Crippen molar-refractivity contribution in [2.45, 2.75) is 4.90 Å². The van der Waals surface area contributed by atoms with Crippen molar-refractivity contribution in [2.75, 3.05) is 0 Å². The van der Waals surface area contributed by atoms with E-state index in [1.165, 1.54) is 30.3 Å². The van der Waals surface area contributed by atoms with Crippen LogP contribution in [0, 0.1) is 11.3 Å². The van der Waals surface area contributed by atoms with Crippen LogP contribution in [0.3, 0.4) is 0 Å².